The van der Waals surface area contributed by atoms with E-state index < -0.39 is 30.5 Å². The van der Waals surface area contributed by atoms with Gasteiger partial charge in [0.2, 0.25) is 20.0 Å². The first-order chi connectivity index (χ1) is 10.8. The Morgan fingerprint density at radius 3 is 1.22 bits per heavy atom. The molecule has 2 fully saturated rings. The maximum Gasteiger partial charge on any atom is 0.226 e. The van der Waals surface area contributed by atoms with Gasteiger partial charge in [-0.15, -0.1) is 0 Å². The molecule has 2 saturated carbocycles. The highest BCUT2D eigenvalue weighted by Crippen LogP contribution is 2.31. The summed E-state index contributed by atoms with van der Waals surface area (Å²) in [5.41, 5.74) is 0. The second kappa shape index (κ2) is 7.72. The lowest BCUT2D eigenvalue weighted by Gasteiger charge is -2.34. The molecule has 0 bridgehead atoms. The molecule has 0 heterocycles. The van der Waals surface area contributed by atoms with E-state index >= 15 is 0 Å². The van der Waals surface area contributed by atoms with E-state index in [9.17, 15) is 16.8 Å². The van der Waals surface area contributed by atoms with Gasteiger partial charge in [0.1, 0.15) is 0 Å². The Balaban J connectivity index is 1.76. The Hall–Kier alpha value is -0.300. The zero-order chi connectivity index (χ0) is 17.1. The molecular weight excluding hydrogens is 344 g/mol. The molecule has 2 aliphatic rings. The quantitative estimate of drug-likeness (QED) is 0.353. The number of ether oxygens (including phenoxy) is 1. The van der Waals surface area contributed by atoms with E-state index in [1.165, 1.54) is 0 Å². The average Bonchev–Trinajstić information content (AvgIpc) is 2.56. The summed E-state index contributed by atoms with van der Waals surface area (Å²) in [6.45, 7) is 0. The minimum atomic E-state index is -3.42. The molecule has 0 aromatic rings. The average molecular weight is 370 g/mol. The fraction of sp³-hybridized carbons (Fsp3) is 1.00. The van der Waals surface area contributed by atoms with Gasteiger partial charge in [0.25, 0.3) is 0 Å². The molecule has 0 aromatic heterocycles. The Kier molecular flexibility index (Phi) is 6.39. The second-order valence-electron chi connectivity index (χ2n) is 6.26. The minimum Gasteiger partial charge on any atom is -0.375 e. The molecule has 11 heteroatoms. The van der Waals surface area contributed by atoms with E-state index in [4.69, 9.17) is 16.4 Å². The van der Waals surface area contributed by atoms with Crippen molar-refractivity contribution in [2.24, 2.45) is 11.7 Å². The summed E-state index contributed by atoms with van der Waals surface area (Å²) in [4.78, 5) is 3.78. The molecule has 2 aliphatic carbocycles. The fourth-order valence-corrected chi connectivity index (χ4v) is 5.59. The van der Waals surface area contributed by atoms with Crippen molar-refractivity contribution in [3.05, 3.63) is 0 Å². The number of nitrogens with one attached hydrogen (secondary N) is 2. The number of sulfonamides is 2. The van der Waals surface area contributed by atoms with Crippen molar-refractivity contribution >= 4 is 20.0 Å². The molecule has 2 rings (SSSR count). The SMILES string of the molecule is NNS(=O)(=O)C1CCC(OC2CCC(S(=O)(=O)NN)CC2)CC1. The third-order valence-electron chi connectivity index (χ3n) is 4.83. The van der Waals surface area contributed by atoms with Gasteiger partial charge >= 0.3 is 0 Å². The number of hydrazine groups is 2. The van der Waals surface area contributed by atoms with Gasteiger partial charge in [0.15, 0.2) is 0 Å². The van der Waals surface area contributed by atoms with Crippen LogP contribution in [-0.2, 0) is 24.8 Å². The van der Waals surface area contributed by atoms with Crippen LogP contribution >= 0.6 is 0 Å². The third kappa shape index (κ3) is 4.84. The zero-order valence-corrected chi connectivity index (χ0v) is 14.6. The number of rotatable bonds is 6. The maximum atomic E-state index is 11.7. The maximum absolute atomic E-state index is 11.7. The van der Waals surface area contributed by atoms with Crippen LogP contribution in [0.2, 0.25) is 0 Å². The van der Waals surface area contributed by atoms with Crippen LogP contribution in [0.5, 0.6) is 0 Å². The van der Waals surface area contributed by atoms with Gasteiger partial charge in [-0.1, -0.05) is 0 Å². The van der Waals surface area contributed by atoms with E-state index in [0.29, 0.717) is 51.4 Å². The second-order valence-corrected chi connectivity index (χ2v) is 10.2. The molecule has 6 N–H and O–H groups in total. The van der Waals surface area contributed by atoms with Gasteiger partial charge < -0.3 is 4.74 Å². The molecule has 0 atom stereocenters. The van der Waals surface area contributed by atoms with Crippen LogP contribution in [0.4, 0.5) is 0 Å². The first-order valence-corrected chi connectivity index (χ1v) is 11.0. The lowest BCUT2D eigenvalue weighted by atomic mass is 9.94. The Bertz CT molecular complexity index is 527. The van der Waals surface area contributed by atoms with Crippen LogP contribution in [0.15, 0.2) is 0 Å². The summed E-state index contributed by atoms with van der Waals surface area (Å²) >= 11 is 0. The van der Waals surface area contributed by atoms with Crippen LogP contribution in [-0.4, -0.2) is 39.5 Å². The molecule has 9 nitrogen and oxygen atoms in total. The van der Waals surface area contributed by atoms with Gasteiger partial charge in [-0.3, -0.25) is 11.7 Å². The monoisotopic (exact) mass is 370 g/mol. The lowest BCUT2D eigenvalue weighted by Crippen LogP contribution is -2.43. The van der Waals surface area contributed by atoms with Crippen molar-refractivity contribution in [3.63, 3.8) is 0 Å². The van der Waals surface area contributed by atoms with E-state index in [-0.39, 0.29) is 12.2 Å². The van der Waals surface area contributed by atoms with Crippen molar-refractivity contribution in [1.82, 2.24) is 9.66 Å². The summed E-state index contributed by atoms with van der Waals surface area (Å²) in [5.74, 6) is 10.1. The molecule has 23 heavy (non-hydrogen) atoms. The molecule has 0 radical (unpaired) electrons. The predicted molar refractivity (Wildman–Crippen MR) is 85.7 cm³/mol. The topological polar surface area (TPSA) is 154 Å². The summed E-state index contributed by atoms with van der Waals surface area (Å²) in [6.07, 6.45) is 4.87. The summed E-state index contributed by atoms with van der Waals surface area (Å²) < 4.78 is 52.7. The fourth-order valence-electron chi connectivity index (χ4n) is 3.42. The highest BCUT2D eigenvalue weighted by molar-refractivity contribution is 7.90. The Labute approximate surface area is 137 Å². The molecule has 0 aliphatic heterocycles. The normalized spacial score (nSPS) is 33.5. The third-order valence-corrected chi connectivity index (χ3v) is 8.19. The smallest absolute Gasteiger partial charge is 0.226 e. The largest absolute Gasteiger partial charge is 0.375 e. The van der Waals surface area contributed by atoms with Crippen LogP contribution in [0.25, 0.3) is 0 Å². The standard InChI is InChI=1S/C12H26N4O5S2/c13-15-22(17,18)11-5-1-9(2-6-11)21-10-3-7-12(8-4-10)23(19,20)16-14/h9-12,15-16H,1-8,13-14H2. The highest BCUT2D eigenvalue weighted by atomic mass is 32.2. The van der Waals surface area contributed by atoms with Crippen molar-refractivity contribution in [2.75, 3.05) is 0 Å². The first kappa shape index (κ1) is 19.0. The van der Waals surface area contributed by atoms with Crippen LogP contribution < -0.4 is 21.3 Å². The van der Waals surface area contributed by atoms with Crippen molar-refractivity contribution in [1.29, 1.82) is 0 Å². The molecule has 0 saturated heterocycles. The predicted octanol–water partition coefficient (Wildman–Crippen LogP) is -0.788. The summed E-state index contributed by atoms with van der Waals surface area (Å²) in [5, 5.41) is -0.910. The molecule has 0 aromatic carbocycles. The Morgan fingerprint density at radius 1 is 0.652 bits per heavy atom. The van der Waals surface area contributed by atoms with Gasteiger partial charge in [-0.25, -0.2) is 16.8 Å². The van der Waals surface area contributed by atoms with Crippen molar-refractivity contribution in [3.8, 4) is 0 Å². The van der Waals surface area contributed by atoms with E-state index in [1.807, 2.05) is 9.66 Å². The van der Waals surface area contributed by atoms with E-state index in [0.717, 1.165) is 0 Å². The number of hydrogen-bond acceptors (Lipinski definition) is 7. The van der Waals surface area contributed by atoms with Crippen LogP contribution in [0, 0.1) is 0 Å². The lowest BCUT2D eigenvalue weighted by molar-refractivity contribution is -0.0442. The summed E-state index contributed by atoms with van der Waals surface area (Å²) in [6, 6.07) is 0. The van der Waals surface area contributed by atoms with Crippen molar-refractivity contribution in [2.45, 2.75) is 74.1 Å². The van der Waals surface area contributed by atoms with Gasteiger partial charge in [0.05, 0.1) is 22.7 Å². The van der Waals surface area contributed by atoms with Gasteiger partial charge in [-0.2, -0.15) is 9.66 Å². The first-order valence-electron chi connectivity index (χ1n) is 7.86. The highest BCUT2D eigenvalue weighted by Gasteiger charge is 2.34. The van der Waals surface area contributed by atoms with E-state index in [1.54, 1.807) is 0 Å². The summed E-state index contributed by atoms with van der Waals surface area (Å²) in [7, 11) is -6.84. The molecular formula is C12H26N4O5S2. The van der Waals surface area contributed by atoms with E-state index in [2.05, 4.69) is 0 Å². The van der Waals surface area contributed by atoms with Gasteiger partial charge in [-0.05, 0) is 51.4 Å². The Morgan fingerprint density at radius 2 is 0.957 bits per heavy atom. The molecule has 0 amide bonds. The van der Waals surface area contributed by atoms with Gasteiger partial charge in [0, 0.05) is 0 Å². The molecule has 136 valence electrons. The van der Waals surface area contributed by atoms with Crippen LogP contribution in [0.1, 0.15) is 51.4 Å². The number of nitrogens with two attached hydrogens (primary N) is 2. The minimum absolute atomic E-state index is 0.0324. The number of hydrogen-bond donors (Lipinski definition) is 4. The molecule has 0 unspecified atom stereocenters. The zero-order valence-electron chi connectivity index (χ0n) is 13.0. The van der Waals surface area contributed by atoms with Crippen molar-refractivity contribution < 1.29 is 21.6 Å². The molecule has 0 spiro atoms. The van der Waals surface area contributed by atoms with Crippen LogP contribution in [0.3, 0.4) is 0 Å².